The van der Waals surface area contributed by atoms with E-state index in [2.05, 4.69) is 15.5 Å². The van der Waals surface area contributed by atoms with E-state index in [0.717, 1.165) is 6.08 Å². The summed E-state index contributed by atoms with van der Waals surface area (Å²) >= 11 is 0. The summed E-state index contributed by atoms with van der Waals surface area (Å²) in [6, 6.07) is 0. The first-order valence-electron chi connectivity index (χ1n) is 2.87. The smallest absolute Gasteiger partial charge is 0.397 e. The average molecular weight is 196 g/mol. The van der Waals surface area contributed by atoms with Crippen LogP contribution < -0.4 is 0 Å². The molecule has 12 heavy (non-hydrogen) atoms. The Morgan fingerprint density at radius 1 is 1.50 bits per heavy atom. The predicted molar refractivity (Wildman–Crippen MR) is 38.7 cm³/mol. The maximum Gasteiger partial charge on any atom is 0.397 e. The fourth-order valence-electron chi connectivity index (χ4n) is 0.341. The van der Waals surface area contributed by atoms with Gasteiger partial charge in [0.1, 0.15) is 13.2 Å². The molecule has 0 heterocycles. The van der Waals surface area contributed by atoms with E-state index in [1.165, 1.54) is 0 Å². The molecular formula is C5H8O6S. The Bertz CT molecular complexity index is 253. The van der Waals surface area contributed by atoms with Crippen LogP contribution in [0.2, 0.25) is 0 Å². The fraction of sp³-hybridized carbons (Fsp3) is 0.400. The number of carbonyl (C=O) groups excluding carboxylic acids is 1. The maximum atomic E-state index is 10.3. The molecule has 0 aliphatic rings. The molecule has 6 nitrogen and oxygen atoms in total. The Balaban J connectivity index is 3.47. The predicted octanol–water partition coefficient (Wildman–Crippen LogP) is -0.465. The van der Waals surface area contributed by atoms with Crippen LogP contribution in [0.5, 0.6) is 0 Å². The first-order chi connectivity index (χ1) is 5.45. The largest absolute Gasteiger partial charge is 0.460 e. The molecule has 0 aliphatic carbocycles. The van der Waals surface area contributed by atoms with Crippen LogP contribution in [0.3, 0.4) is 0 Å². The summed E-state index contributed by atoms with van der Waals surface area (Å²) in [5.74, 6) is -0.686. The Morgan fingerprint density at radius 2 is 2.08 bits per heavy atom. The molecule has 0 rings (SSSR count). The van der Waals surface area contributed by atoms with Crippen LogP contribution in [0, 0.1) is 0 Å². The highest BCUT2D eigenvalue weighted by Gasteiger charge is 2.03. The van der Waals surface area contributed by atoms with Gasteiger partial charge in [-0.05, 0) is 0 Å². The van der Waals surface area contributed by atoms with Gasteiger partial charge in [0.25, 0.3) is 0 Å². The number of ether oxygens (including phenoxy) is 1. The van der Waals surface area contributed by atoms with Gasteiger partial charge in [0.15, 0.2) is 0 Å². The van der Waals surface area contributed by atoms with Gasteiger partial charge in [-0.15, -0.1) is 0 Å². The molecular weight excluding hydrogens is 188 g/mol. The summed E-state index contributed by atoms with van der Waals surface area (Å²) in [6.07, 6.45) is 0.924. The second-order valence-corrected chi connectivity index (χ2v) is 2.71. The van der Waals surface area contributed by atoms with Gasteiger partial charge in [0, 0.05) is 6.08 Å². The third-order valence-electron chi connectivity index (χ3n) is 0.727. The maximum absolute atomic E-state index is 10.3. The van der Waals surface area contributed by atoms with Crippen molar-refractivity contribution in [3.63, 3.8) is 0 Å². The van der Waals surface area contributed by atoms with Crippen LogP contribution in [0.1, 0.15) is 0 Å². The molecule has 0 aromatic heterocycles. The minimum Gasteiger partial charge on any atom is -0.460 e. The van der Waals surface area contributed by atoms with E-state index in [-0.39, 0.29) is 6.61 Å². The second-order valence-electron chi connectivity index (χ2n) is 1.62. The molecule has 0 spiro atoms. The number of hydrogen-bond acceptors (Lipinski definition) is 5. The van der Waals surface area contributed by atoms with Crippen molar-refractivity contribution in [1.82, 2.24) is 0 Å². The van der Waals surface area contributed by atoms with E-state index in [1.54, 1.807) is 0 Å². The third kappa shape index (κ3) is 7.19. The molecule has 0 fully saturated rings. The summed E-state index contributed by atoms with van der Waals surface area (Å²) in [5, 5.41) is 0. The minimum atomic E-state index is -4.45. The van der Waals surface area contributed by atoms with Gasteiger partial charge in [-0.1, -0.05) is 6.58 Å². The molecule has 0 aliphatic heterocycles. The highest BCUT2D eigenvalue weighted by atomic mass is 32.3. The Kier molecular flexibility index (Phi) is 4.49. The summed E-state index contributed by atoms with van der Waals surface area (Å²) < 4.78 is 36.0. The topological polar surface area (TPSA) is 89.9 Å². The zero-order valence-electron chi connectivity index (χ0n) is 6.10. The molecule has 70 valence electrons. The SMILES string of the molecule is C=CC(=O)OCCOS(=O)(=O)O. The van der Waals surface area contributed by atoms with Gasteiger partial charge < -0.3 is 4.74 Å². The first-order valence-corrected chi connectivity index (χ1v) is 4.23. The molecule has 0 radical (unpaired) electrons. The monoisotopic (exact) mass is 196 g/mol. The lowest BCUT2D eigenvalue weighted by molar-refractivity contribution is -0.138. The van der Waals surface area contributed by atoms with Crippen molar-refractivity contribution in [2.75, 3.05) is 13.2 Å². The fourth-order valence-corrected chi connectivity index (χ4v) is 0.619. The van der Waals surface area contributed by atoms with Crippen molar-refractivity contribution >= 4 is 16.4 Å². The van der Waals surface area contributed by atoms with Crippen LogP contribution in [0.15, 0.2) is 12.7 Å². The van der Waals surface area contributed by atoms with E-state index in [0.29, 0.717) is 0 Å². The molecule has 0 saturated heterocycles. The summed E-state index contributed by atoms with van der Waals surface area (Å²) in [5.41, 5.74) is 0. The minimum absolute atomic E-state index is 0.259. The van der Waals surface area contributed by atoms with Crippen LogP contribution in [0.25, 0.3) is 0 Å². The molecule has 0 aromatic carbocycles. The van der Waals surface area contributed by atoms with Crippen molar-refractivity contribution in [2.24, 2.45) is 0 Å². The summed E-state index contributed by atoms with van der Waals surface area (Å²) in [7, 11) is -4.45. The van der Waals surface area contributed by atoms with Gasteiger partial charge in [-0.2, -0.15) is 8.42 Å². The van der Waals surface area contributed by atoms with Gasteiger partial charge in [0.05, 0.1) is 0 Å². The van der Waals surface area contributed by atoms with Crippen molar-refractivity contribution in [3.8, 4) is 0 Å². The lowest BCUT2D eigenvalue weighted by Crippen LogP contribution is -2.12. The standard InChI is InChI=1S/C5H8O6S/c1-2-5(6)10-3-4-11-12(7,8)9/h2H,1,3-4H2,(H,7,8,9). The zero-order valence-corrected chi connectivity index (χ0v) is 6.91. The van der Waals surface area contributed by atoms with Crippen molar-refractivity contribution < 1.29 is 26.7 Å². The van der Waals surface area contributed by atoms with Gasteiger partial charge in [-0.3, -0.25) is 4.55 Å². The molecule has 1 N–H and O–H groups in total. The quantitative estimate of drug-likeness (QED) is 0.277. The van der Waals surface area contributed by atoms with Crippen LogP contribution in [-0.4, -0.2) is 32.2 Å². The molecule has 0 amide bonds. The van der Waals surface area contributed by atoms with Crippen molar-refractivity contribution in [2.45, 2.75) is 0 Å². The van der Waals surface area contributed by atoms with Gasteiger partial charge in [-0.25, -0.2) is 8.98 Å². The van der Waals surface area contributed by atoms with Crippen molar-refractivity contribution in [1.29, 1.82) is 0 Å². The molecule has 0 unspecified atom stereocenters. The van der Waals surface area contributed by atoms with E-state index in [9.17, 15) is 13.2 Å². The lowest BCUT2D eigenvalue weighted by Gasteiger charge is -2.00. The average Bonchev–Trinajstić information content (AvgIpc) is 1.96. The lowest BCUT2D eigenvalue weighted by atomic mass is 10.6. The molecule has 0 bridgehead atoms. The van der Waals surface area contributed by atoms with Crippen LogP contribution >= 0.6 is 0 Å². The van der Waals surface area contributed by atoms with E-state index >= 15 is 0 Å². The van der Waals surface area contributed by atoms with E-state index in [1.807, 2.05) is 0 Å². The van der Waals surface area contributed by atoms with E-state index < -0.39 is 23.0 Å². The highest BCUT2D eigenvalue weighted by molar-refractivity contribution is 7.80. The van der Waals surface area contributed by atoms with Gasteiger partial charge in [0.2, 0.25) is 0 Å². The molecule has 0 aromatic rings. The zero-order chi connectivity index (χ0) is 9.61. The van der Waals surface area contributed by atoms with E-state index in [4.69, 9.17) is 4.55 Å². The normalized spacial score (nSPS) is 10.8. The Hall–Kier alpha value is -0.920. The third-order valence-corrected chi connectivity index (χ3v) is 1.19. The Morgan fingerprint density at radius 3 is 2.50 bits per heavy atom. The molecule has 0 atom stereocenters. The first kappa shape index (κ1) is 11.1. The number of carbonyl (C=O) groups is 1. The number of rotatable bonds is 5. The van der Waals surface area contributed by atoms with Crippen LogP contribution in [-0.2, 0) is 24.1 Å². The molecule has 7 heteroatoms. The number of hydrogen-bond donors (Lipinski definition) is 1. The second kappa shape index (κ2) is 4.86. The van der Waals surface area contributed by atoms with Gasteiger partial charge >= 0.3 is 16.4 Å². The summed E-state index contributed by atoms with van der Waals surface area (Å²) in [6.45, 7) is 2.43. The van der Waals surface area contributed by atoms with Crippen molar-refractivity contribution in [3.05, 3.63) is 12.7 Å². The highest BCUT2D eigenvalue weighted by Crippen LogP contribution is 1.86. The molecule has 0 saturated carbocycles. The van der Waals surface area contributed by atoms with Crippen LogP contribution in [0.4, 0.5) is 0 Å². The number of esters is 1. The summed E-state index contributed by atoms with van der Waals surface area (Å²) in [4.78, 5) is 10.3. The Labute approximate surface area is 69.7 Å².